The van der Waals surface area contributed by atoms with Gasteiger partial charge in [0.15, 0.2) is 6.10 Å². The van der Waals surface area contributed by atoms with E-state index >= 15 is 0 Å². The van der Waals surface area contributed by atoms with Gasteiger partial charge in [0.05, 0.1) is 0 Å². The molecule has 5 aromatic carbocycles. The van der Waals surface area contributed by atoms with E-state index in [4.69, 9.17) is 10.5 Å². The second-order valence-corrected chi connectivity index (χ2v) is 15.1. The largest absolute Gasteiger partial charge is 0.448 e. The SMILES string of the molecule is Cl.NC1C(=O)N2C(C(=O)OC(c3ccccc3)c3ccccc3)=C(CI)CS[C@H]12.c1ccc(P(c2ccccc2)c2ccccc2)cc1. The molecule has 244 valence electrons. The molecule has 1 amide bonds. The van der Waals surface area contributed by atoms with E-state index < -0.39 is 26.0 Å². The van der Waals surface area contributed by atoms with Crippen molar-refractivity contribution < 1.29 is 14.3 Å². The number of hydrogen-bond acceptors (Lipinski definition) is 5. The zero-order valence-electron chi connectivity index (χ0n) is 26.0. The van der Waals surface area contributed by atoms with Crippen LogP contribution in [0.1, 0.15) is 17.2 Å². The maximum atomic E-state index is 13.2. The van der Waals surface area contributed by atoms with E-state index in [0.717, 1.165) is 16.7 Å². The molecule has 1 saturated heterocycles. The van der Waals surface area contributed by atoms with E-state index in [2.05, 4.69) is 114 Å². The van der Waals surface area contributed by atoms with Gasteiger partial charge in [-0.05, 0) is 40.5 Å². The Balaban J connectivity index is 0.000000197. The van der Waals surface area contributed by atoms with Gasteiger partial charge in [0.25, 0.3) is 0 Å². The lowest BCUT2D eigenvalue weighted by molar-refractivity contribution is -0.153. The first-order valence-electron chi connectivity index (χ1n) is 15.3. The zero-order chi connectivity index (χ0) is 32.6. The van der Waals surface area contributed by atoms with Crippen LogP contribution in [-0.4, -0.2) is 38.4 Å². The van der Waals surface area contributed by atoms with Gasteiger partial charge in [-0.3, -0.25) is 9.69 Å². The standard InChI is InChI=1S/C21H19IN2O3S.C18H15P.ClH/c22-11-15-12-28-20-16(23)19(25)24(20)17(15)21(26)27-18(13-7-3-1-4-8-13)14-9-5-2-6-10-14;1-4-10-16(11-5-1)19(17-12-6-2-7-13-17)18-14-8-3-9-15-18;/h1-10,16,18,20H,11-12,23H2;1-15H;1H/t16?,20-;;/m1../s1. The fourth-order valence-corrected chi connectivity index (χ4v) is 10.2. The Morgan fingerprint density at radius 2 is 1.15 bits per heavy atom. The molecule has 2 atom stereocenters. The van der Waals surface area contributed by atoms with Crippen LogP contribution in [0.2, 0.25) is 0 Å². The summed E-state index contributed by atoms with van der Waals surface area (Å²) in [6.45, 7) is 0. The van der Waals surface area contributed by atoms with Gasteiger partial charge in [0, 0.05) is 10.2 Å². The molecule has 5 aromatic rings. The highest BCUT2D eigenvalue weighted by molar-refractivity contribution is 14.1. The normalized spacial score (nSPS) is 16.7. The van der Waals surface area contributed by atoms with Crippen LogP contribution >= 0.6 is 54.7 Å². The summed E-state index contributed by atoms with van der Waals surface area (Å²) in [5.41, 5.74) is 8.96. The number of carbonyl (C=O) groups is 2. The number of alkyl halides is 1. The molecule has 9 heteroatoms. The van der Waals surface area contributed by atoms with Gasteiger partial charge in [-0.15, -0.1) is 24.2 Å². The van der Waals surface area contributed by atoms with E-state index in [-0.39, 0.29) is 23.7 Å². The molecule has 2 heterocycles. The second-order valence-electron chi connectivity index (χ2n) is 11.0. The Bertz CT molecular complexity index is 1690. The number of thioether (sulfide) groups is 1. The lowest BCUT2D eigenvalue weighted by Crippen LogP contribution is -2.68. The fourth-order valence-electron chi connectivity index (χ4n) is 5.60. The van der Waals surface area contributed by atoms with E-state index in [0.29, 0.717) is 15.9 Å². The zero-order valence-corrected chi connectivity index (χ0v) is 30.7. The Hall–Kier alpha value is -3.46. The van der Waals surface area contributed by atoms with Crippen LogP contribution in [0.25, 0.3) is 0 Å². The van der Waals surface area contributed by atoms with Crippen molar-refractivity contribution in [3.63, 3.8) is 0 Å². The van der Waals surface area contributed by atoms with E-state index in [1.54, 1.807) is 11.8 Å². The van der Waals surface area contributed by atoms with Crippen LogP contribution in [0.15, 0.2) is 163 Å². The van der Waals surface area contributed by atoms with Crippen molar-refractivity contribution in [2.24, 2.45) is 5.73 Å². The average Bonchev–Trinajstić information content (AvgIpc) is 3.15. The van der Waals surface area contributed by atoms with Crippen molar-refractivity contribution in [1.82, 2.24) is 4.90 Å². The maximum Gasteiger partial charge on any atom is 0.356 e. The number of halogens is 2. The van der Waals surface area contributed by atoms with E-state index in [1.165, 1.54) is 20.8 Å². The molecule has 0 spiro atoms. The van der Waals surface area contributed by atoms with E-state index in [9.17, 15) is 9.59 Å². The number of hydrogen-bond donors (Lipinski definition) is 1. The van der Waals surface area contributed by atoms with Crippen LogP contribution in [-0.2, 0) is 14.3 Å². The van der Waals surface area contributed by atoms with Crippen LogP contribution < -0.4 is 21.6 Å². The van der Waals surface area contributed by atoms with Crippen molar-refractivity contribution in [2.75, 3.05) is 10.2 Å². The minimum absolute atomic E-state index is 0. The lowest BCUT2D eigenvalue weighted by Gasteiger charge is -2.48. The number of rotatable bonds is 8. The molecule has 2 N–H and O–H groups in total. The molecule has 0 bridgehead atoms. The third-order valence-electron chi connectivity index (χ3n) is 7.92. The first-order valence-corrected chi connectivity index (χ1v) is 19.2. The number of carbonyl (C=O) groups excluding carboxylic acids is 2. The molecule has 0 saturated carbocycles. The number of amides is 1. The maximum absolute atomic E-state index is 13.2. The number of nitrogens with zero attached hydrogens (tertiary/aromatic N) is 1. The molecule has 0 aliphatic carbocycles. The first kappa shape index (κ1) is 35.8. The van der Waals surface area contributed by atoms with Crippen LogP contribution in [0.4, 0.5) is 0 Å². The third kappa shape index (κ3) is 8.04. The predicted octanol–water partition coefficient (Wildman–Crippen LogP) is 7.12. The molecule has 2 aliphatic rings. The van der Waals surface area contributed by atoms with Gasteiger partial charge in [0.2, 0.25) is 5.91 Å². The average molecular weight is 805 g/mol. The summed E-state index contributed by atoms with van der Waals surface area (Å²) < 4.78 is 6.64. The minimum atomic E-state index is -0.553. The minimum Gasteiger partial charge on any atom is -0.448 e. The van der Waals surface area contributed by atoms with Crippen molar-refractivity contribution in [3.8, 4) is 0 Å². The fraction of sp³-hybridized carbons (Fsp3) is 0.128. The first-order chi connectivity index (χ1) is 23.1. The third-order valence-corrected chi connectivity index (χ3v) is 12.6. The number of fused-ring (bicyclic) bond motifs is 1. The molecule has 5 nitrogen and oxygen atoms in total. The number of nitrogens with two attached hydrogens (primary N) is 1. The molecule has 1 unspecified atom stereocenters. The second kappa shape index (κ2) is 17.3. The van der Waals surface area contributed by atoms with Gasteiger partial charge >= 0.3 is 5.97 Å². The summed E-state index contributed by atoms with van der Waals surface area (Å²) in [4.78, 5) is 27.1. The lowest BCUT2D eigenvalue weighted by atomic mass is 10.0. The van der Waals surface area contributed by atoms with Gasteiger partial charge in [-0.1, -0.05) is 174 Å². The molecule has 1 fully saturated rings. The molecular weight excluding hydrogens is 770 g/mol. The van der Waals surface area contributed by atoms with Crippen molar-refractivity contribution >= 4 is 82.5 Å². The van der Waals surface area contributed by atoms with Gasteiger partial charge in [-0.25, -0.2) is 4.79 Å². The topological polar surface area (TPSA) is 72.6 Å². The predicted molar refractivity (Wildman–Crippen MR) is 210 cm³/mol. The molecular formula is C39H35ClIN2O3PS. The van der Waals surface area contributed by atoms with Crippen LogP contribution in [0, 0.1) is 0 Å². The smallest absolute Gasteiger partial charge is 0.356 e. The number of ether oxygens (including phenoxy) is 1. The highest BCUT2D eigenvalue weighted by atomic mass is 127. The highest BCUT2D eigenvalue weighted by Crippen LogP contribution is 2.41. The number of β-lactam (4-membered cyclic amide) rings is 1. The number of benzene rings is 5. The quantitative estimate of drug-likeness (QED) is 0.0596. The molecule has 0 radical (unpaired) electrons. The van der Waals surface area contributed by atoms with Crippen molar-refractivity contribution in [1.29, 1.82) is 0 Å². The van der Waals surface area contributed by atoms with E-state index in [1.807, 2.05) is 60.7 Å². The Labute approximate surface area is 307 Å². The van der Waals surface area contributed by atoms with Gasteiger partial charge in [0.1, 0.15) is 17.1 Å². The Morgan fingerprint density at radius 3 is 1.54 bits per heavy atom. The summed E-state index contributed by atoms with van der Waals surface area (Å²) in [6.07, 6.45) is -0.545. The van der Waals surface area contributed by atoms with Crippen molar-refractivity contribution in [2.45, 2.75) is 17.5 Å². The van der Waals surface area contributed by atoms with Gasteiger partial charge < -0.3 is 10.5 Å². The summed E-state index contributed by atoms with van der Waals surface area (Å²) in [7, 11) is -0.446. The molecule has 0 aromatic heterocycles. The van der Waals surface area contributed by atoms with Crippen molar-refractivity contribution in [3.05, 3.63) is 174 Å². The highest BCUT2D eigenvalue weighted by Gasteiger charge is 2.52. The van der Waals surface area contributed by atoms with Gasteiger partial charge in [-0.2, -0.15) is 0 Å². The van der Waals surface area contributed by atoms with Crippen LogP contribution in [0.3, 0.4) is 0 Å². The molecule has 7 rings (SSSR count). The molecule has 48 heavy (non-hydrogen) atoms. The summed E-state index contributed by atoms with van der Waals surface area (Å²) >= 11 is 3.82. The summed E-state index contributed by atoms with van der Waals surface area (Å²) in [5.74, 6) is -0.0194. The van der Waals surface area contributed by atoms with Crippen LogP contribution in [0.5, 0.6) is 0 Å². The monoisotopic (exact) mass is 804 g/mol. The Morgan fingerprint density at radius 1 is 0.750 bits per heavy atom. The summed E-state index contributed by atoms with van der Waals surface area (Å²) in [6, 6.07) is 51.0. The number of esters is 1. The molecule has 2 aliphatic heterocycles. The summed E-state index contributed by atoms with van der Waals surface area (Å²) in [5, 5.41) is 4.01. The Kier molecular flexibility index (Phi) is 12.9.